The quantitative estimate of drug-likeness (QED) is 0.678. The molecule has 1 nitrogen and oxygen atoms in total. The van der Waals surface area contributed by atoms with Crippen molar-refractivity contribution < 1.29 is 5.11 Å². The van der Waals surface area contributed by atoms with Crippen LogP contribution in [0.4, 0.5) is 0 Å². The number of allylic oxidation sites excluding steroid dienone is 2. The van der Waals surface area contributed by atoms with Crippen molar-refractivity contribution in [3.05, 3.63) is 24.8 Å². The molecule has 4 atom stereocenters. The molecule has 21 heavy (non-hydrogen) atoms. The molecule has 2 aliphatic carbocycles. The summed E-state index contributed by atoms with van der Waals surface area (Å²) < 4.78 is 0. The third-order valence-electron chi connectivity index (χ3n) is 7.04. The summed E-state index contributed by atoms with van der Waals surface area (Å²) in [7, 11) is 0. The molecule has 2 fully saturated rings. The summed E-state index contributed by atoms with van der Waals surface area (Å²) in [4.78, 5) is 0. The summed E-state index contributed by atoms with van der Waals surface area (Å²) >= 11 is 0. The predicted molar refractivity (Wildman–Crippen MR) is 91.1 cm³/mol. The lowest BCUT2D eigenvalue weighted by molar-refractivity contribution is -0.211. The standard InChI is InChI=1S/C20H34O/c1-7-15(2)11-14-20(21)16(3)9-10-17-18(4,5)12-8-13-19(17,20)6/h7,16-17,21H,1-2,8-14H2,3-6H3/t16-,17+,19+,20-/m1/s1. The van der Waals surface area contributed by atoms with Gasteiger partial charge in [0.15, 0.2) is 0 Å². The van der Waals surface area contributed by atoms with E-state index in [4.69, 9.17) is 0 Å². The summed E-state index contributed by atoms with van der Waals surface area (Å²) in [5.74, 6) is 1.02. The first kappa shape index (κ1) is 16.8. The summed E-state index contributed by atoms with van der Waals surface area (Å²) in [6.45, 7) is 17.3. The van der Waals surface area contributed by atoms with Gasteiger partial charge in [-0.2, -0.15) is 0 Å². The zero-order chi connectivity index (χ0) is 15.9. The lowest BCUT2D eigenvalue weighted by atomic mass is 9.44. The molecule has 0 aromatic carbocycles. The highest BCUT2D eigenvalue weighted by molar-refractivity contribution is 5.15. The van der Waals surface area contributed by atoms with E-state index in [2.05, 4.69) is 40.9 Å². The first-order valence-electron chi connectivity index (χ1n) is 8.70. The maximum absolute atomic E-state index is 11.7. The number of hydrogen-bond acceptors (Lipinski definition) is 1. The fraction of sp³-hybridized carbons (Fsp3) is 0.800. The number of aliphatic hydroxyl groups is 1. The SMILES string of the molecule is C=CC(=C)CC[C@@]1(O)[C@H](C)CC[C@H]2C(C)(C)CCC[C@@]21C. The maximum atomic E-state index is 11.7. The molecule has 0 amide bonds. The molecule has 0 aromatic heterocycles. The minimum Gasteiger partial charge on any atom is -0.389 e. The molecule has 0 saturated heterocycles. The Morgan fingerprint density at radius 2 is 1.90 bits per heavy atom. The predicted octanol–water partition coefficient (Wildman–Crippen LogP) is 5.50. The lowest BCUT2D eigenvalue weighted by Gasteiger charge is -2.63. The number of hydrogen-bond donors (Lipinski definition) is 1. The van der Waals surface area contributed by atoms with Gasteiger partial charge >= 0.3 is 0 Å². The molecule has 0 bridgehead atoms. The number of rotatable bonds is 4. The normalized spacial score (nSPS) is 42.1. The van der Waals surface area contributed by atoms with Crippen LogP contribution in [0.2, 0.25) is 0 Å². The molecule has 0 radical (unpaired) electrons. The van der Waals surface area contributed by atoms with Gasteiger partial charge in [0.05, 0.1) is 5.60 Å². The largest absolute Gasteiger partial charge is 0.389 e. The second-order valence-corrected chi connectivity index (χ2v) is 8.58. The highest BCUT2D eigenvalue weighted by Gasteiger charge is 2.60. The fourth-order valence-corrected chi connectivity index (χ4v) is 5.55. The Balaban J connectivity index is 2.32. The summed E-state index contributed by atoms with van der Waals surface area (Å²) in [5, 5.41) is 11.7. The van der Waals surface area contributed by atoms with Crippen molar-refractivity contribution in [2.45, 2.75) is 78.2 Å². The third kappa shape index (κ3) is 2.63. The van der Waals surface area contributed by atoms with Crippen molar-refractivity contribution in [3.8, 4) is 0 Å². The minimum absolute atomic E-state index is 0.0495. The summed E-state index contributed by atoms with van der Waals surface area (Å²) in [6.07, 6.45) is 9.68. The van der Waals surface area contributed by atoms with Crippen LogP contribution in [-0.4, -0.2) is 10.7 Å². The van der Waals surface area contributed by atoms with E-state index in [-0.39, 0.29) is 5.41 Å². The molecule has 1 N–H and O–H groups in total. The third-order valence-corrected chi connectivity index (χ3v) is 7.04. The van der Waals surface area contributed by atoms with Gasteiger partial charge in [-0.3, -0.25) is 0 Å². The summed E-state index contributed by atoms with van der Waals surface area (Å²) in [6, 6.07) is 0. The highest BCUT2D eigenvalue weighted by atomic mass is 16.3. The number of fused-ring (bicyclic) bond motifs is 1. The van der Waals surface area contributed by atoms with Crippen LogP contribution in [0.15, 0.2) is 24.8 Å². The topological polar surface area (TPSA) is 20.2 Å². The lowest BCUT2D eigenvalue weighted by Crippen LogP contribution is -2.62. The van der Waals surface area contributed by atoms with Crippen LogP contribution in [-0.2, 0) is 0 Å². The highest BCUT2D eigenvalue weighted by Crippen LogP contribution is 2.63. The Labute approximate surface area is 131 Å². The Bertz CT molecular complexity index is 422. The summed E-state index contributed by atoms with van der Waals surface area (Å²) in [5.41, 5.74) is 0.903. The molecule has 120 valence electrons. The van der Waals surface area contributed by atoms with E-state index >= 15 is 0 Å². The minimum atomic E-state index is -0.556. The first-order valence-corrected chi connectivity index (χ1v) is 8.70. The smallest absolute Gasteiger partial charge is 0.0732 e. The average molecular weight is 290 g/mol. The van der Waals surface area contributed by atoms with Crippen LogP contribution in [0.5, 0.6) is 0 Å². The molecular weight excluding hydrogens is 256 g/mol. The molecule has 0 aromatic rings. The average Bonchev–Trinajstić information content (AvgIpc) is 2.41. The molecule has 2 rings (SSSR count). The first-order chi connectivity index (χ1) is 9.67. The van der Waals surface area contributed by atoms with Gasteiger partial charge in [0.1, 0.15) is 0 Å². The molecule has 2 aliphatic rings. The van der Waals surface area contributed by atoms with Gasteiger partial charge < -0.3 is 5.11 Å². The van der Waals surface area contributed by atoms with E-state index in [1.54, 1.807) is 0 Å². The Morgan fingerprint density at radius 3 is 2.52 bits per heavy atom. The molecule has 0 unspecified atom stereocenters. The van der Waals surface area contributed by atoms with Crippen LogP contribution in [0.3, 0.4) is 0 Å². The second-order valence-electron chi connectivity index (χ2n) is 8.58. The van der Waals surface area contributed by atoms with Crippen molar-refractivity contribution in [1.82, 2.24) is 0 Å². The van der Waals surface area contributed by atoms with Crippen LogP contribution in [0.1, 0.15) is 72.6 Å². The van der Waals surface area contributed by atoms with E-state index in [1.807, 2.05) is 6.08 Å². The van der Waals surface area contributed by atoms with Gasteiger partial charge in [-0.05, 0) is 61.2 Å². The van der Waals surface area contributed by atoms with E-state index in [1.165, 1.54) is 25.7 Å². The van der Waals surface area contributed by atoms with Gasteiger partial charge in [0.2, 0.25) is 0 Å². The van der Waals surface area contributed by atoms with Crippen molar-refractivity contribution in [2.75, 3.05) is 0 Å². The fourth-order valence-electron chi connectivity index (χ4n) is 5.55. The van der Waals surface area contributed by atoms with Gasteiger partial charge in [-0.25, -0.2) is 0 Å². The molecule has 0 aliphatic heterocycles. The molecule has 2 saturated carbocycles. The van der Waals surface area contributed by atoms with E-state index in [0.717, 1.165) is 24.8 Å². The molecule has 0 spiro atoms. The van der Waals surface area contributed by atoms with Crippen molar-refractivity contribution in [3.63, 3.8) is 0 Å². The monoisotopic (exact) mass is 290 g/mol. The zero-order valence-corrected chi connectivity index (χ0v) is 14.5. The maximum Gasteiger partial charge on any atom is 0.0732 e. The van der Waals surface area contributed by atoms with Crippen molar-refractivity contribution in [1.29, 1.82) is 0 Å². The van der Waals surface area contributed by atoms with Crippen molar-refractivity contribution >= 4 is 0 Å². The van der Waals surface area contributed by atoms with Crippen LogP contribution in [0.25, 0.3) is 0 Å². The van der Waals surface area contributed by atoms with E-state index in [0.29, 0.717) is 17.3 Å². The van der Waals surface area contributed by atoms with Crippen LogP contribution in [0, 0.1) is 22.7 Å². The van der Waals surface area contributed by atoms with Crippen LogP contribution < -0.4 is 0 Å². The molecule has 0 heterocycles. The van der Waals surface area contributed by atoms with Gasteiger partial charge in [0.25, 0.3) is 0 Å². The Morgan fingerprint density at radius 1 is 1.24 bits per heavy atom. The van der Waals surface area contributed by atoms with Gasteiger partial charge in [0, 0.05) is 0 Å². The Kier molecular flexibility index (Phi) is 4.46. The molecular formula is C20H34O. The van der Waals surface area contributed by atoms with E-state index < -0.39 is 5.60 Å². The molecule has 1 heteroatoms. The second kappa shape index (κ2) is 5.57. The van der Waals surface area contributed by atoms with Crippen LogP contribution >= 0.6 is 0 Å². The van der Waals surface area contributed by atoms with E-state index in [9.17, 15) is 5.11 Å². The van der Waals surface area contributed by atoms with Gasteiger partial charge in [-0.1, -0.05) is 58.9 Å². The Hall–Kier alpha value is -0.560. The van der Waals surface area contributed by atoms with Crippen molar-refractivity contribution in [2.24, 2.45) is 22.7 Å². The van der Waals surface area contributed by atoms with Gasteiger partial charge in [-0.15, -0.1) is 0 Å². The zero-order valence-electron chi connectivity index (χ0n) is 14.5.